The van der Waals surface area contributed by atoms with Gasteiger partial charge in [0.1, 0.15) is 0 Å². The largest absolute Gasteiger partial charge is 0.330 e. The standard InChI is InChI=1S/C10H15N3OS/c1-8(4-2-3-5-11)9(14)13-10-12-6-7-15-10/h6-7H,1-5,11H2,(H,12,13,14). The van der Waals surface area contributed by atoms with Crippen molar-refractivity contribution < 1.29 is 4.79 Å². The maximum absolute atomic E-state index is 11.5. The van der Waals surface area contributed by atoms with E-state index >= 15 is 0 Å². The average molecular weight is 225 g/mol. The van der Waals surface area contributed by atoms with E-state index in [0.29, 0.717) is 23.7 Å². The average Bonchev–Trinajstić information content (AvgIpc) is 2.70. The van der Waals surface area contributed by atoms with Gasteiger partial charge in [-0.1, -0.05) is 6.58 Å². The third-order valence-corrected chi connectivity index (χ3v) is 2.60. The predicted octanol–water partition coefficient (Wildman–Crippen LogP) is 1.77. The van der Waals surface area contributed by atoms with Gasteiger partial charge in [0.15, 0.2) is 5.13 Å². The number of thiazole rings is 1. The quantitative estimate of drug-likeness (QED) is 0.572. The fourth-order valence-electron chi connectivity index (χ4n) is 1.07. The smallest absolute Gasteiger partial charge is 0.252 e. The normalized spacial score (nSPS) is 9.93. The summed E-state index contributed by atoms with van der Waals surface area (Å²) < 4.78 is 0. The Hall–Kier alpha value is -1.20. The molecule has 0 aromatic carbocycles. The Kier molecular flexibility index (Phi) is 5.00. The molecule has 0 atom stereocenters. The number of amides is 1. The van der Waals surface area contributed by atoms with Crippen molar-refractivity contribution in [2.24, 2.45) is 5.73 Å². The van der Waals surface area contributed by atoms with Gasteiger partial charge in [0.05, 0.1) is 0 Å². The minimum Gasteiger partial charge on any atom is -0.330 e. The number of aromatic nitrogens is 1. The molecule has 0 spiro atoms. The molecular formula is C10H15N3OS. The van der Waals surface area contributed by atoms with E-state index in [0.717, 1.165) is 12.8 Å². The lowest BCUT2D eigenvalue weighted by Gasteiger charge is -2.04. The number of hydrogen-bond acceptors (Lipinski definition) is 4. The van der Waals surface area contributed by atoms with E-state index in [4.69, 9.17) is 5.73 Å². The van der Waals surface area contributed by atoms with E-state index in [1.807, 2.05) is 5.38 Å². The van der Waals surface area contributed by atoms with Crippen molar-refractivity contribution in [1.82, 2.24) is 4.98 Å². The molecular weight excluding hydrogens is 210 g/mol. The van der Waals surface area contributed by atoms with Crippen molar-refractivity contribution in [2.75, 3.05) is 11.9 Å². The van der Waals surface area contributed by atoms with E-state index in [1.54, 1.807) is 6.20 Å². The number of hydrogen-bond donors (Lipinski definition) is 2. The van der Waals surface area contributed by atoms with Gasteiger partial charge in [0.2, 0.25) is 0 Å². The summed E-state index contributed by atoms with van der Waals surface area (Å²) in [6.45, 7) is 4.39. The van der Waals surface area contributed by atoms with Crippen LogP contribution in [0.25, 0.3) is 0 Å². The van der Waals surface area contributed by atoms with E-state index in [1.165, 1.54) is 11.3 Å². The Balaban J connectivity index is 2.30. The number of carbonyl (C=O) groups is 1. The highest BCUT2D eigenvalue weighted by Gasteiger charge is 2.07. The molecule has 15 heavy (non-hydrogen) atoms. The van der Waals surface area contributed by atoms with Gasteiger partial charge in [-0.05, 0) is 25.8 Å². The molecule has 0 saturated carbocycles. The van der Waals surface area contributed by atoms with Crippen molar-refractivity contribution in [2.45, 2.75) is 19.3 Å². The first-order chi connectivity index (χ1) is 7.24. The summed E-state index contributed by atoms with van der Waals surface area (Å²) in [6.07, 6.45) is 4.16. The van der Waals surface area contributed by atoms with Crippen LogP contribution in [-0.2, 0) is 4.79 Å². The van der Waals surface area contributed by atoms with Gasteiger partial charge in [-0.3, -0.25) is 10.1 Å². The molecule has 0 unspecified atom stereocenters. The summed E-state index contributed by atoms with van der Waals surface area (Å²) in [7, 11) is 0. The SMILES string of the molecule is C=C(CCCCN)C(=O)Nc1nccs1. The fourth-order valence-corrected chi connectivity index (χ4v) is 1.59. The first kappa shape index (κ1) is 11.9. The van der Waals surface area contributed by atoms with E-state index in [-0.39, 0.29) is 5.91 Å². The zero-order chi connectivity index (χ0) is 11.1. The number of unbranched alkanes of at least 4 members (excludes halogenated alkanes) is 1. The molecule has 1 rings (SSSR count). The van der Waals surface area contributed by atoms with Gasteiger partial charge < -0.3 is 5.73 Å². The maximum atomic E-state index is 11.5. The van der Waals surface area contributed by atoms with Crippen molar-refractivity contribution in [1.29, 1.82) is 0 Å². The first-order valence-corrected chi connectivity index (χ1v) is 5.70. The zero-order valence-electron chi connectivity index (χ0n) is 8.53. The van der Waals surface area contributed by atoms with Crippen LogP contribution in [0.15, 0.2) is 23.7 Å². The summed E-state index contributed by atoms with van der Waals surface area (Å²) in [4.78, 5) is 15.5. The monoisotopic (exact) mass is 225 g/mol. The third kappa shape index (κ3) is 4.22. The third-order valence-electron chi connectivity index (χ3n) is 1.91. The van der Waals surface area contributed by atoms with Gasteiger partial charge in [-0.2, -0.15) is 0 Å². The lowest BCUT2D eigenvalue weighted by molar-refractivity contribution is -0.113. The van der Waals surface area contributed by atoms with Crippen molar-refractivity contribution in [3.8, 4) is 0 Å². The van der Waals surface area contributed by atoms with Crippen LogP contribution >= 0.6 is 11.3 Å². The van der Waals surface area contributed by atoms with E-state index < -0.39 is 0 Å². The number of anilines is 1. The fraction of sp³-hybridized carbons (Fsp3) is 0.400. The Bertz CT molecular complexity index is 321. The molecule has 0 radical (unpaired) electrons. The van der Waals surface area contributed by atoms with Gasteiger partial charge >= 0.3 is 0 Å². The molecule has 1 aromatic heterocycles. The number of nitrogens with two attached hydrogens (primary N) is 1. The molecule has 3 N–H and O–H groups in total. The van der Waals surface area contributed by atoms with Crippen LogP contribution in [-0.4, -0.2) is 17.4 Å². The van der Waals surface area contributed by atoms with Crippen molar-refractivity contribution >= 4 is 22.4 Å². The molecule has 0 aliphatic carbocycles. The molecule has 1 aromatic rings. The molecule has 0 aliphatic heterocycles. The van der Waals surface area contributed by atoms with Crippen LogP contribution in [0, 0.1) is 0 Å². The number of carbonyl (C=O) groups excluding carboxylic acids is 1. The minimum atomic E-state index is -0.151. The Morgan fingerprint density at radius 2 is 2.40 bits per heavy atom. The molecule has 0 bridgehead atoms. The molecule has 0 saturated heterocycles. The van der Waals surface area contributed by atoms with Crippen LogP contribution in [0.4, 0.5) is 5.13 Å². The second-order valence-electron chi connectivity index (χ2n) is 3.14. The van der Waals surface area contributed by atoms with Gasteiger partial charge in [-0.25, -0.2) is 4.98 Å². The number of nitrogens with one attached hydrogen (secondary N) is 1. The van der Waals surface area contributed by atoms with Gasteiger partial charge in [-0.15, -0.1) is 11.3 Å². The van der Waals surface area contributed by atoms with Crippen molar-refractivity contribution in [3.63, 3.8) is 0 Å². The van der Waals surface area contributed by atoms with Crippen molar-refractivity contribution in [3.05, 3.63) is 23.7 Å². The Labute approximate surface area is 93.2 Å². The Morgan fingerprint density at radius 1 is 1.60 bits per heavy atom. The molecule has 0 aliphatic rings. The zero-order valence-corrected chi connectivity index (χ0v) is 9.35. The highest BCUT2D eigenvalue weighted by molar-refractivity contribution is 7.13. The van der Waals surface area contributed by atoms with Crippen LogP contribution in [0.5, 0.6) is 0 Å². The second-order valence-corrected chi connectivity index (χ2v) is 4.04. The highest BCUT2D eigenvalue weighted by atomic mass is 32.1. The van der Waals surface area contributed by atoms with E-state index in [9.17, 15) is 4.79 Å². The Morgan fingerprint density at radius 3 is 3.00 bits per heavy atom. The predicted molar refractivity (Wildman–Crippen MR) is 62.8 cm³/mol. The summed E-state index contributed by atoms with van der Waals surface area (Å²) in [5, 5.41) is 5.11. The molecule has 1 amide bonds. The summed E-state index contributed by atoms with van der Waals surface area (Å²) in [5.41, 5.74) is 5.94. The highest BCUT2D eigenvalue weighted by Crippen LogP contribution is 2.13. The second kappa shape index (κ2) is 6.31. The minimum absolute atomic E-state index is 0.151. The van der Waals surface area contributed by atoms with Crippen LogP contribution in [0.3, 0.4) is 0 Å². The molecule has 0 fully saturated rings. The topological polar surface area (TPSA) is 68.0 Å². The van der Waals surface area contributed by atoms with Crippen LogP contribution in [0.1, 0.15) is 19.3 Å². The lowest BCUT2D eigenvalue weighted by atomic mass is 10.1. The summed E-state index contributed by atoms with van der Waals surface area (Å²) in [5.74, 6) is -0.151. The van der Waals surface area contributed by atoms with Gasteiger partial charge in [0.25, 0.3) is 5.91 Å². The molecule has 5 heteroatoms. The lowest BCUT2D eigenvalue weighted by Crippen LogP contribution is -2.13. The molecule has 4 nitrogen and oxygen atoms in total. The van der Waals surface area contributed by atoms with E-state index in [2.05, 4.69) is 16.9 Å². The summed E-state index contributed by atoms with van der Waals surface area (Å²) in [6, 6.07) is 0. The molecule has 82 valence electrons. The molecule has 1 heterocycles. The maximum Gasteiger partial charge on any atom is 0.252 e. The number of nitrogens with zero attached hydrogens (tertiary/aromatic N) is 1. The van der Waals surface area contributed by atoms with Crippen LogP contribution in [0.2, 0.25) is 0 Å². The van der Waals surface area contributed by atoms with Crippen LogP contribution < -0.4 is 11.1 Å². The number of rotatable bonds is 6. The summed E-state index contributed by atoms with van der Waals surface area (Å²) >= 11 is 1.39. The first-order valence-electron chi connectivity index (χ1n) is 4.82. The van der Waals surface area contributed by atoms with Gasteiger partial charge in [0, 0.05) is 17.2 Å².